The second kappa shape index (κ2) is 7.40. The molecule has 4 atom stereocenters. The molecule has 0 radical (unpaired) electrons. The summed E-state index contributed by atoms with van der Waals surface area (Å²) in [6, 6.07) is 6.91. The zero-order valence-electron chi connectivity index (χ0n) is 14.5. The zero-order chi connectivity index (χ0) is 16.6. The van der Waals surface area contributed by atoms with Gasteiger partial charge in [-0.1, -0.05) is 25.0 Å². The lowest BCUT2D eigenvalue weighted by molar-refractivity contribution is -0.139. The highest BCUT2D eigenvalue weighted by Gasteiger charge is 2.43. The maximum atomic E-state index is 13.1. The van der Waals surface area contributed by atoms with Gasteiger partial charge in [0.1, 0.15) is 5.82 Å². The number of nitrogens with two attached hydrogens (primary N) is 1. The lowest BCUT2D eigenvalue weighted by Crippen LogP contribution is -2.54. The molecule has 4 unspecified atom stereocenters. The third-order valence-corrected chi connectivity index (χ3v) is 5.75. The van der Waals surface area contributed by atoms with Gasteiger partial charge in [-0.3, -0.25) is 4.79 Å². The molecule has 0 bridgehead atoms. The highest BCUT2D eigenvalue weighted by molar-refractivity contribution is 5.85. The van der Waals surface area contributed by atoms with Crippen molar-refractivity contribution in [3.05, 3.63) is 35.6 Å². The highest BCUT2D eigenvalue weighted by atomic mass is 35.5. The summed E-state index contributed by atoms with van der Waals surface area (Å²) in [5.41, 5.74) is 7.14. The van der Waals surface area contributed by atoms with Crippen LogP contribution in [0.4, 0.5) is 4.39 Å². The van der Waals surface area contributed by atoms with Crippen LogP contribution in [0.15, 0.2) is 24.3 Å². The molecule has 3 rings (SSSR count). The number of benzene rings is 1. The van der Waals surface area contributed by atoms with Crippen LogP contribution in [-0.2, 0) is 4.79 Å². The number of amides is 1. The molecule has 1 saturated carbocycles. The van der Waals surface area contributed by atoms with Gasteiger partial charge in [0.2, 0.25) is 5.91 Å². The Labute approximate surface area is 150 Å². The Balaban J connectivity index is 0.00000208. The van der Waals surface area contributed by atoms with Crippen LogP contribution in [0.2, 0.25) is 0 Å². The molecule has 1 amide bonds. The fourth-order valence-electron chi connectivity index (χ4n) is 4.28. The zero-order valence-corrected chi connectivity index (χ0v) is 15.3. The van der Waals surface area contributed by atoms with Crippen LogP contribution < -0.4 is 5.73 Å². The van der Waals surface area contributed by atoms with Crippen LogP contribution in [0.1, 0.15) is 57.4 Å². The van der Waals surface area contributed by atoms with Gasteiger partial charge >= 0.3 is 0 Å². The van der Waals surface area contributed by atoms with E-state index in [4.69, 9.17) is 5.73 Å². The Morgan fingerprint density at radius 1 is 1.29 bits per heavy atom. The number of carbonyl (C=O) groups is 1. The first-order valence-corrected chi connectivity index (χ1v) is 8.73. The molecular weight excluding hydrogens is 327 g/mol. The fourth-order valence-corrected chi connectivity index (χ4v) is 4.28. The van der Waals surface area contributed by atoms with Crippen LogP contribution in [0.5, 0.6) is 0 Å². The summed E-state index contributed by atoms with van der Waals surface area (Å²) in [6.45, 7) is 4.85. The first-order valence-electron chi connectivity index (χ1n) is 8.73. The van der Waals surface area contributed by atoms with Gasteiger partial charge in [-0.25, -0.2) is 4.39 Å². The largest absolute Gasteiger partial charge is 0.339 e. The van der Waals surface area contributed by atoms with Crippen molar-refractivity contribution in [1.82, 2.24) is 4.90 Å². The smallest absolute Gasteiger partial charge is 0.227 e. The molecule has 2 fully saturated rings. The van der Waals surface area contributed by atoms with Crippen molar-refractivity contribution in [2.24, 2.45) is 11.7 Å². The van der Waals surface area contributed by atoms with E-state index in [-0.39, 0.29) is 41.6 Å². The molecule has 1 aromatic rings. The molecule has 0 spiro atoms. The third-order valence-electron chi connectivity index (χ3n) is 5.75. The van der Waals surface area contributed by atoms with E-state index in [1.54, 1.807) is 0 Å². The van der Waals surface area contributed by atoms with Crippen molar-refractivity contribution in [2.45, 2.75) is 63.5 Å². The highest BCUT2D eigenvalue weighted by Crippen LogP contribution is 2.37. The monoisotopic (exact) mass is 354 g/mol. The molecule has 24 heavy (non-hydrogen) atoms. The Morgan fingerprint density at radius 3 is 2.58 bits per heavy atom. The average Bonchev–Trinajstić information content (AvgIpc) is 2.89. The first-order chi connectivity index (χ1) is 10.9. The molecule has 3 nitrogen and oxygen atoms in total. The predicted octanol–water partition coefficient (Wildman–Crippen LogP) is 3.86. The molecule has 134 valence electrons. The quantitative estimate of drug-likeness (QED) is 0.876. The van der Waals surface area contributed by atoms with Gasteiger partial charge in [0.25, 0.3) is 0 Å². The van der Waals surface area contributed by atoms with Gasteiger partial charge in [0.05, 0.1) is 5.92 Å². The summed E-state index contributed by atoms with van der Waals surface area (Å²) in [6.07, 6.45) is 4.96. The second-order valence-corrected chi connectivity index (χ2v) is 7.63. The van der Waals surface area contributed by atoms with Crippen LogP contribution in [-0.4, -0.2) is 28.9 Å². The van der Waals surface area contributed by atoms with Crippen molar-refractivity contribution in [1.29, 1.82) is 0 Å². The number of carbonyl (C=O) groups excluding carboxylic acids is 1. The maximum Gasteiger partial charge on any atom is 0.227 e. The Bertz CT molecular complexity index is 575. The van der Waals surface area contributed by atoms with Gasteiger partial charge in [-0.15, -0.1) is 12.4 Å². The van der Waals surface area contributed by atoms with E-state index in [1.165, 1.54) is 12.1 Å². The van der Waals surface area contributed by atoms with Crippen LogP contribution in [0.3, 0.4) is 0 Å². The molecule has 2 N–H and O–H groups in total. The lowest BCUT2D eigenvalue weighted by atomic mass is 9.74. The molecule has 1 aromatic carbocycles. The summed E-state index contributed by atoms with van der Waals surface area (Å²) in [5, 5.41) is 0. The molecule has 1 heterocycles. The Morgan fingerprint density at radius 2 is 1.96 bits per heavy atom. The van der Waals surface area contributed by atoms with E-state index in [2.05, 4.69) is 6.92 Å². The van der Waals surface area contributed by atoms with Gasteiger partial charge in [-0.05, 0) is 50.8 Å². The van der Waals surface area contributed by atoms with E-state index in [0.717, 1.165) is 44.2 Å². The molecular formula is C19H28ClFN2O. The van der Waals surface area contributed by atoms with Gasteiger partial charge in [0.15, 0.2) is 0 Å². The maximum absolute atomic E-state index is 13.1. The molecule has 1 aliphatic carbocycles. The van der Waals surface area contributed by atoms with Crippen molar-refractivity contribution >= 4 is 18.3 Å². The number of nitrogens with zero attached hydrogens (tertiary/aromatic N) is 1. The van der Waals surface area contributed by atoms with Crippen molar-refractivity contribution in [2.75, 3.05) is 6.54 Å². The number of hydrogen-bond donors (Lipinski definition) is 1. The normalized spacial score (nSPS) is 33.2. The number of halogens is 2. The molecule has 1 aliphatic heterocycles. The standard InChI is InChI=1S/C19H27FN2O.ClH/c1-13-11-15(14-6-8-16(20)9-7-14)12-22(13)18(23)17-5-3-4-10-19(17,2)21;/h6-9,13,15,17H,3-5,10-12,21H2,1-2H3;1H. The summed E-state index contributed by atoms with van der Waals surface area (Å²) in [4.78, 5) is 15.1. The minimum absolute atomic E-state index is 0. The SMILES string of the molecule is CC1CC(c2ccc(F)cc2)CN1C(=O)C1CCCCC1(C)N.Cl. The van der Waals surface area contributed by atoms with Gasteiger partial charge in [-0.2, -0.15) is 0 Å². The minimum Gasteiger partial charge on any atom is -0.339 e. The van der Waals surface area contributed by atoms with Crippen LogP contribution >= 0.6 is 12.4 Å². The van der Waals surface area contributed by atoms with Gasteiger partial charge < -0.3 is 10.6 Å². The summed E-state index contributed by atoms with van der Waals surface area (Å²) < 4.78 is 13.1. The Hall–Kier alpha value is -1.13. The topological polar surface area (TPSA) is 46.3 Å². The van der Waals surface area contributed by atoms with E-state index in [0.29, 0.717) is 5.92 Å². The summed E-state index contributed by atoms with van der Waals surface area (Å²) >= 11 is 0. The van der Waals surface area contributed by atoms with Gasteiger partial charge in [0, 0.05) is 24.0 Å². The fraction of sp³-hybridized carbons (Fsp3) is 0.632. The van der Waals surface area contributed by atoms with Crippen LogP contribution in [0, 0.1) is 11.7 Å². The van der Waals surface area contributed by atoms with Crippen molar-refractivity contribution in [3.8, 4) is 0 Å². The molecule has 2 aliphatic rings. The van der Waals surface area contributed by atoms with E-state index >= 15 is 0 Å². The summed E-state index contributed by atoms with van der Waals surface area (Å²) in [7, 11) is 0. The summed E-state index contributed by atoms with van der Waals surface area (Å²) in [5.74, 6) is 0.230. The second-order valence-electron chi connectivity index (χ2n) is 7.63. The van der Waals surface area contributed by atoms with E-state index in [9.17, 15) is 9.18 Å². The van der Waals surface area contributed by atoms with Crippen molar-refractivity contribution < 1.29 is 9.18 Å². The average molecular weight is 355 g/mol. The van der Waals surface area contributed by atoms with E-state index in [1.807, 2.05) is 24.0 Å². The number of rotatable bonds is 2. The van der Waals surface area contributed by atoms with Crippen molar-refractivity contribution in [3.63, 3.8) is 0 Å². The number of likely N-dealkylation sites (tertiary alicyclic amines) is 1. The minimum atomic E-state index is -0.386. The predicted molar refractivity (Wildman–Crippen MR) is 96.7 cm³/mol. The Kier molecular flexibility index (Phi) is 5.92. The van der Waals surface area contributed by atoms with E-state index < -0.39 is 0 Å². The lowest BCUT2D eigenvalue weighted by Gasteiger charge is -2.40. The number of hydrogen-bond acceptors (Lipinski definition) is 2. The first kappa shape index (κ1) is 19.2. The molecule has 5 heteroatoms. The molecule has 0 aromatic heterocycles. The third kappa shape index (κ3) is 3.75. The molecule has 1 saturated heterocycles. The van der Waals surface area contributed by atoms with Crippen LogP contribution in [0.25, 0.3) is 0 Å².